The first-order valence-electron chi connectivity index (χ1n) is 7.86. The van der Waals surface area contributed by atoms with Gasteiger partial charge >= 0.3 is 5.97 Å². The molecule has 112 valence electrons. The molecule has 1 aliphatic rings. The van der Waals surface area contributed by atoms with Crippen molar-refractivity contribution in [2.24, 2.45) is 0 Å². The molecule has 1 fully saturated rings. The molecule has 0 saturated carbocycles. The smallest absolute Gasteiger partial charge is 0.305 e. The number of nitrogens with zero attached hydrogens (tertiary/aromatic N) is 2. The number of carbonyl (C=O) groups excluding carboxylic acids is 1. The lowest BCUT2D eigenvalue weighted by Crippen LogP contribution is -2.46. The largest absolute Gasteiger partial charge is 0.466 e. The number of piperazine rings is 1. The first kappa shape index (κ1) is 16.4. The fourth-order valence-electron chi connectivity index (χ4n) is 2.57. The SMILES string of the molecule is CCCN1CCN(CCCCCC(=O)OCC)CC1. The molecule has 0 bridgehead atoms. The Kier molecular flexibility index (Phi) is 8.84. The molecule has 0 amide bonds. The summed E-state index contributed by atoms with van der Waals surface area (Å²) < 4.78 is 4.92. The van der Waals surface area contributed by atoms with Crippen molar-refractivity contribution in [3.8, 4) is 0 Å². The Morgan fingerprint density at radius 1 is 0.947 bits per heavy atom. The van der Waals surface area contributed by atoms with Gasteiger partial charge in [-0.1, -0.05) is 13.3 Å². The van der Waals surface area contributed by atoms with Gasteiger partial charge in [-0.15, -0.1) is 0 Å². The van der Waals surface area contributed by atoms with Gasteiger partial charge in [-0.05, 0) is 39.3 Å². The Morgan fingerprint density at radius 3 is 2.16 bits per heavy atom. The van der Waals surface area contributed by atoms with Gasteiger partial charge in [0.25, 0.3) is 0 Å². The summed E-state index contributed by atoms with van der Waals surface area (Å²) in [6, 6.07) is 0. The molecule has 1 heterocycles. The zero-order valence-electron chi connectivity index (χ0n) is 12.7. The molecule has 1 aliphatic heterocycles. The molecule has 0 atom stereocenters. The van der Waals surface area contributed by atoms with Gasteiger partial charge in [0.05, 0.1) is 6.61 Å². The first-order valence-corrected chi connectivity index (χ1v) is 7.86. The van der Waals surface area contributed by atoms with Crippen molar-refractivity contribution >= 4 is 5.97 Å². The van der Waals surface area contributed by atoms with Gasteiger partial charge in [0.1, 0.15) is 0 Å². The van der Waals surface area contributed by atoms with Crippen LogP contribution in [0, 0.1) is 0 Å². The molecule has 0 unspecified atom stereocenters. The summed E-state index contributed by atoms with van der Waals surface area (Å²) >= 11 is 0. The summed E-state index contributed by atoms with van der Waals surface area (Å²) in [5.74, 6) is -0.0457. The minimum atomic E-state index is -0.0457. The van der Waals surface area contributed by atoms with Crippen molar-refractivity contribution in [3.05, 3.63) is 0 Å². The van der Waals surface area contributed by atoms with Gasteiger partial charge in [0.15, 0.2) is 0 Å². The summed E-state index contributed by atoms with van der Waals surface area (Å²) in [5.41, 5.74) is 0. The lowest BCUT2D eigenvalue weighted by molar-refractivity contribution is -0.143. The van der Waals surface area contributed by atoms with E-state index in [0.717, 1.165) is 12.8 Å². The van der Waals surface area contributed by atoms with E-state index < -0.39 is 0 Å². The van der Waals surface area contributed by atoms with Crippen molar-refractivity contribution in [1.29, 1.82) is 0 Å². The van der Waals surface area contributed by atoms with Crippen LogP contribution in [0.5, 0.6) is 0 Å². The van der Waals surface area contributed by atoms with E-state index in [1.54, 1.807) is 0 Å². The summed E-state index contributed by atoms with van der Waals surface area (Å²) in [5, 5.41) is 0. The zero-order valence-corrected chi connectivity index (χ0v) is 12.7. The molecule has 4 nitrogen and oxygen atoms in total. The van der Waals surface area contributed by atoms with Gasteiger partial charge in [-0.2, -0.15) is 0 Å². The molecule has 0 aliphatic carbocycles. The Balaban J connectivity index is 1.95. The third-order valence-corrected chi connectivity index (χ3v) is 3.67. The normalized spacial score (nSPS) is 17.6. The van der Waals surface area contributed by atoms with Crippen LogP contribution in [0.2, 0.25) is 0 Å². The minimum Gasteiger partial charge on any atom is -0.466 e. The van der Waals surface area contributed by atoms with E-state index in [1.165, 1.54) is 52.1 Å². The second-order valence-electron chi connectivity index (χ2n) is 5.30. The number of ether oxygens (including phenoxy) is 1. The maximum absolute atomic E-state index is 11.2. The molecule has 19 heavy (non-hydrogen) atoms. The number of hydrogen-bond acceptors (Lipinski definition) is 4. The molecule has 0 N–H and O–H groups in total. The van der Waals surface area contributed by atoms with E-state index in [2.05, 4.69) is 16.7 Å². The van der Waals surface area contributed by atoms with Crippen LogP contribution >= 0.6 is 0 Å². The Hall–Kier alpha value is -0.610. The molecule has 0 aromatic rings. The third kappa shape index (κ3) is 7.53. The quantitative estimate of drug-likeness (QED) is 0.475. The fraction of sp³-hybridized carbons (Fsp3) is 0.933. The van der Waals surface area contributed by atoms with Crippen molar-refractivity contribution in [2.45, 2.75) is 46.0 Å². The summed E-state index contributed by atoms with van der Waals surface area (Å²) in [6.07, 6.45) is 5.14. The van der Waals surface area contributed by atoms with Crippen LogP contribution in [0.4, 0.5) is 0 Å². The third-order valence-electron chi connectivity index (χ3n) is 3.67. The average molecular weight is 270 g/mol. The molecule has 0 aromatic carbocycles. The summed E-state index contributed by atoms with van der Waals surface area (Å²) in [7, 11) is 0. The lowest BCUT2D eigenvalue weighted by atomic mass is 10.2. The molecule has 0 radical (unpaired) electrons. The predicted molar refractivity (Wildman–Crippen MR) is 78.3 cm³/mol. The highest BCUT2D eigenvalue weighted by Crippen LogP contribution is 2.06. The highest BCUT2D eigenvalue weighted by atomic mass is 16.5. The van der Waals surface area contributed by atoms with Crippen LogP contribution in [-0.2, 0) is 9.53 Å². The molecule has 4 heteroatoms. The zero-order chi connectivity index (χ0) is 13.9. The van der Waals surface area contributed by atoms with Gasteiger partial charge in [0, 0.05) is 32.6 Å². The van der Waals surface area contributed by atoms with Crippen LogP contribution in [-0.4, -0.2) is 61.6 Å². The standard InChI is InChI=1S/C15H30N2O2/c1-3-9-16-11-13-17(14-12-16)10-7-5-6-8-15(18)19-4-2/h3-14H2,1-2H3. The van der Waals surface area contributed by atoms with Crippen LogP contribution in [0.1, 0.15) is 46.0 Å². The maximum atomic E-state index is 11.2. The Bertz CT molecular complexity index is 238. The first-order chi connectivity index (χ1) is 9.26. The van der Waals surface area contributed by atoms with Crippen LogP contribution < -0.4 is 0 Å². The van der Waals surface area contributed by atoms with E-state index in [-0.39, 0.29) is 5.97 Å². The topological polar surface area (TPSA) is 32.8 Å². The predicted octanol–water partition coefficient (Wildman–Crippen LogP) is 2.14. The summed E-state index contributed by atoms with van der Waals surface area (Å²) in [4.78, 5) is 16.3. The van der Waals surface area contributed by atoms with E-state index in [1.807, 2.05) is 6.92 Å². The van der Waals surface area contributed by atoms with Crippen molar-refractivity contribution in [1.82, 2.24) is 9.80 Å². The maximum Gasteiger partial charge on any atom is 0.305 e. The van der Waals surface area contributed by atoms with E-state index >= 15 is 0 Å². The van der Waals surface area contributed by atoms with Crippen LogP contribution in [0.3, 0.4) is 0 Å². The second kappa shape index (κ2) is 10.2. The fourth-order valence-corrected chi connectivity index (χ4v) is 2.57. The highest BCUT2D eigenvalue weighted by molar-refractivity contribution is 5.69. The summed E-state index contributed by atoms with van der Waals surface area (Å²) in [6.45, 7) is 11.9. The van der Waals surface area contributed by atoms with Crippen molar-refractivity contribution < 1.29 is 9.53 Å². The lowest BCUT2D eigenvalue weighted by Gasteiger charge is -2.34. The van der Waals surface area contributed by atoms with Gasteiger partial charge in [-0.3, -0.25) is 4.79 Å². The second-order valence-corrected chi connectivity index (χ2v) is 5.30. The monoisotopic (exact) mass is 270 g/mol. The molecular weight excluding hydrogens is 240 g/mol. The van der Waals surface area contributed by atoms with Gasteiger partial charge in [-0.25, -0.2) is 0 Å². The minimum absolute atomic E-state index is 0.0457. The van der Waals surface area contributed by atoms with Crippen LogP contribution in [0.15, 0.2) is 0 Å². The highest BCUT2D eigenvalue weighted by Gasteiger charge is 2.15. The molecule has 1 rings (SSSR count). The van der Waals surface area contributed by atoms with E-state index in [9.17, 15) is 4.79 Å². The van der Waals surface area contributed by atoms with E-state index in [0.29, 0.717) is 13.0 Å². The van der Waals surface area contributed by atoms with Crippen molar-refractivity contribution in [2.75, 3.05) is 45.9 Å². The number of rotatable bonds is 9. The number of hydrogen-bond donors (Lipinski definition) is 0. The number of carbonyl (C=O) groups is 1. The van der Waals surface area contributed by atoms with Crippen LogP contribution in [0.25, 0.3) is 0 Å². The molecular formula is C15H30N2O2. The van der Waals surface area contributed by atoms with Crippen molar-refractivity contribution in [3.63, 3.8) is 0 Å². The molecule has 0 spiro atoms. The van der Waals surface area contributed by atoms with Gasteiger partial charge in [0.2, 0.25) is 0 Å². The van der Waals surface area contributed by atoms with Gasteiger partial charge < -0.3 is 14.5 Å². The van der Waals surface area contributed by atoms with E-state index in [4.69, 9.17) is 4.74 Å². The number of unbranched alkanes of at least 4 members (excludes halogenated alkanes) is 2. The average Bonchev–Trinajstić information content (AvgIpc) is 2.41. The Morgan fingerprint density at radius 2 is 1.58 bits per heavy atom. The molecule has 1 saturated heterocycles. The Labute approximate surface area is 118 Å². The number of esters is 1. The molecule has 0 aromatic heterocycles.